The molecule has 0 aliphatic carbocycles. The first-order chi connectivity index (χ1) is 12.6. The summed E-state index contributed by atoms with van der Waals surface area (Å²) in [6.07, 6.45) is 3.23. The summed E-state index contributed by atoms with van der Waals surface area (Å²) in [4.78, 5) is 28.5. The molecular formula is C20H25N3O3. The minimum atomic E-state index is -0.125. The maximum absolute atomic E-state index is 12.7. The lowest BCUT2D eigenvalue weighted by atomic mass is 10.0. The molecule has 0 radical (unpaired) electrons. The molecule has 0 saturated carbocycles. The third-order valence-electron chi connectivity index (χ3n) is 4.82. The van der Waals surface area contributed by atoms with Crippen LogP contribution in [0.5, 0.6) is 0 Å². The Morgan fingerprint density at radius 3 is 2.12 bits per heavy atom. The fraction of sp³-hybridized carbons (Fsp3) is 0.400. The summed E-state index contributed by atoms with van der Waals surface area (Å²) in [5.41, 5.74) is 3.21. The average Bonchev–Trinajstić information content (AvgIpc) is 3.22. The molecule has 2 heterocycles. The van der Waals surface area contributed by atoms with Gasteiger partial charge in [0.05, 0.1) is 6.26 Å². The molecule has 1 fully saturated rings. The van der Waals surface area contributed by atoms with Crippen molar-refractivity contribution in [3.8, 4) is 0 Å². The number of hydrogen-bond donors (Lipinski definition) is 1. The number of nitrogens with one attached hydrogen (secondary N) is 1. The summed E-state index contributed by atoms with van der Waals surface area (Å²) in [6, 6.07) is 9.39. The summed E-state index contributed by atoms with van der Waals surface area (Å²) in [7, 11) is 0. The molecule has 2 aromatic rings. The first-order valence-corrected chi connectivity index (χ1v) is 9.13. The number of furan rings is 1. The fourth-order valence-corrected chi connectivity index (χ4v) is 3.26. The number of carbonyl (C=O) groups excluding carboxylic acids is 2. The van der Waals surface area contributed by atoms with Crippen LogP contribution < -0.4 is 5.32 Å². The molecule has 0 spiro atoms. The number of hydrogen-bond acceptors (Lipinski definition) is 3. The number of amides is 3. The third-order valence-corrected chi connectivity index (χ3v) is 4.82. The molecule has 138 valence electrons. The molecule has 1 aromatic heterocycles. The van der Waals surface area contributed by atoms with Gasteiger partial charge in [-0.05, 0) is 36.1 Å². The van der Waals surface area contributed by atoms with Crippen LogP contribution in [0.4, 0.5) is 10.5 Å². The van der Waals surface area contributed by atoms with Crippen LogP contribution in [0.25, 0.3) is 0 Å². The second-order valence-electron chi connectivity index (χ2n) is 6.35. The van der Waals surface area contributed by atoms with E-state index in [0.717, 1.165) is 29.7 Å². The van der Waals surface area contributed by atoms with Crippen LogP contribution in [0, 0.1) is 0 Å². The van der Waals surface area contributed by atoms with E-state index < -0.39 is 0 Å². The summed E-state index contributed by atoms with van der Waals surface area (Å²) in [5, 5.41) is 3.09. The highest BCUT2D eigenvalue weighted by molar-refractivity contribution is 5.93. The maximum Gasteiger partial charge on any atom is 0.321 e. The smallest absolute Gasteiger partial charge is 0.321 e. The first-order valence-electron chi connectivity index (χ1n) is 9.13. The number of aryl methyl sites for hydroxylation is 2. The van der Waals surface area contributed by atoms with Crippen molar-refractivity contribution in [1.82, 2.24) is 9.80 Å². The zero-order valence-electron chi connectivity index (χ0n) is 15.3. The monoisotopic (exact) mass is 355 g/mol. The van der Waals surface area contributed by atoms with E-state index in [0.29, 0.717) is 31.9 Å². The minimum absolute atomic E-state index is 0.106. The van der Waals surface area contributed by atoms with Gasteiger partial charge in [-0.15, -0.1) is 0 Å². The van der Waals surface area contributed by atoms with Gasteiger partial charge in [0.15, 0.2) is 5.76 Å². The van der Waals surface area contributed by atoms with E-state index in [1.807, 2.05) is 6.07 Å². The van der Waals surface area contributed by atoms with E-state index in [9.17, 15) is 9.59 Å². The number of benzene rings is 1. The Balaban J connectivity index is 1.62. The summed E-state index contributed by atoms with van der Waals surface area (Å²) in [5.74, 6) is 0.215. The molecule has 26 heavy (non-hydrogen) atoms. The van der Waals surface area contributed by atoms with E-state index in [4.69, 9.17) is 4.42 Å². The number of nitrogens with zero attached hydrogens (tertiary/aromatic N) is 2. The molecule has 6 nitrogen and oxygen atoms in total. The number of rotatable bonds is 4. The Morgan fingerprint density at radius 1 is 0.962 bits per heavy atom. The standard InChI is InChI=1S/C20H25N3O3/c1-3-15-7-5-8-16(4-2)18(15)21-20(25)23-12-10-22(11-13-23)19(24)17-9-6-14-26-17/h5-9,14H,3-4,10-13H2,1-2H3,(H,21,25). The van der Waals surface area contributed by atoms with Gasteiger partial charge in [0.1, 0.15) is 0 Å². The molecule has 3 amide bonds. The molecule has 1 saturated heterocycles. The normalized spacial score (nSPS) is 14.4. The first kappa shape index (κ1) is 18.0. The van der Waals surface area contributed by atoms with Gasteiger partial charge in [-0.3, -0.25) is 4.79 Å². The van der Waals surface area contributed by atoms with Crippen molar-refractivity contribution in [2.75, 3.05) is 31.5 Å². The van der Waals surface area contributed by atoms with Crippen LogP contribution in [0.1, 0.15) is 35.5 Å². The largest absolute Gasteiger partial charge is 0.459 e. The Hall–Kier alpha value is -2.76. The van der Waals surface area contributed by atoms with Crippen LogP contribution >= 0.6 is 0 Å². The van der Waals surface area contributed by atoms with Gasteiger partial charge >= 0.3 is 6.03 Å². The predicted octanol–water partition coefficient (Wildman–Crippen LogP) is 3.39. The van der Waals surface area contributed by atoms with Crippen LogP contribution in [0.15, 0.2) is 41.0 Å². The quantitative estimate of drug-likeness (QED) is 0.914. The topological polar surface area (TPSA) is 65.8 Å². The number of urea groups is 1. The molecule has 1 aromatic carbocycles. The number of piperazine rings is 1. The molecule has 0 bridgehead atoms. The highest BCUT2D eigenvalue weighted by Gasteiger charge is 2.26. The molecule has 3 rings (SSSR count). The van der Waals surface area contributed by atoms with Crippen molar-refractivity contribution in [3.63, 3.8) is 0 Å². The van der Waals surface area contributed by atoms with Crippen molar-refractivity contribution in [3.05, 3.63) is 53.5 Å². The van der Waals surface area contributed by atoms with Gasteiger partial charge in [0, 0.05) is 31.9 Å². The number of para-hydroxylation sites is 1. The fourth-order valence-electron chi connectivity index (χ4n) is 3.26. The van der Waals surface area contributed by atoms with Crippen LogP contribution in [0.3, 0.4) is 0 Å². The van der Waals surface area contributed by atoms with Crippen molar-refractivity contribution >= 4 is 17.6 Å². The van der Waals surface area contributed by atoms with Crippen molar-refractivity contribution in [2.24, 2.45) is 0 Å². The molecule has 0 atom stereocenters. The molecule has 1 N–H and O–H groups in total. The van der Waals surface area contributed by atoms with E-state index in [-0.39, 0.29) is 11.9 Å². The molecule has 1 aliphatic rings. The Morgan fingerprint density at radius 2 is 1.58 bits per heavy atom. The molecular weight excluding hydrogens is 330 g/mol. The van der Waals surface area contributed by atoms with Gasteiger partial charge in [-0.2, -0.15) is 0 Å². The Kier molecular flexibility index (Phi) is 5.61. The van der Waals surface area contributed by atoms with Crippen molar-refractivity contribution < 1.29 is 14.0 Å². The lowest BCUT2D eigenvalue weighted by molar-refractivity contribution is 0.0640. The molecule has 1 aliphatic heterocycles. The minimum Gasteiger partial charge on any atom is -0.459 e. The lowest BCUT2D eigenvalue weighted by Gasteiger charge is -2.34. The predicted molar refractivity (Wildman–Crippen MR) is 100 cm³/mol. The molecule has 0 unspecified atom stereocenters. The van der Waals surface area contributed by atoms with Gasteiger partial charge in [-0.25, -0.2) is 4.79 Å². The maximum atomic E-state index is 12.7. The highest BCUT2D eigenvalue weighted by Crippen LogP contribution is 2.23. The van der Waals surface area contributed by atoms with Gasteiger partial charge in [0.2, 0.25) is 0 Å². The molecule has 6 heteroatoms. The van der Waals surface area contributed by atoms with Crippen molar-refractivity contribution in [2.45, 2.75) is 26.7 Å². The zero-order valence-corrected chi connectivity index (χ0v) is 15.3. The second kappa shape index (κ2) is 8.08. The second-order valence-corrected chi connectivity index (χ2v) is 6.35. The van der Waals surface area contributed by atoms with Gasteiger partial charge in [-0.1, -0.05) is 32.0 Å². The number of anilines is 1. The van der Waals surface area contributed by atoms with Gasteiger partial charge in [0.25, 0.3) is 5.91 Å². The number of carbonyl (C=O) groups is 2. The summed E-state index contributed by atoms with van der Waals surface area (Å²) >= 11 is 0. The SMILES string of the molecule is CCc1cccc(CC)c1NC(=O)N1CCN(C(=O)c2ccco2)CC1. The van der Waals surface area contributed by atoms with E-state index in [1.54, 1.807) is 21.9 Å². The van der Waals surface area contributed by atoms with Crippen LogP contribution in [-0.2, 0) is 12.8 Å². The van der Waals surface area contributed by atoms with E-state index in [1.165, 1.54) is 6.26 Å². The average molecular weight is 355 g/mol. The van der Waals surface area contributed by atoms with Gasteiger partial charge < -0.3 is 19.5 Å². The summed E-state index contributed by atoms with van der Waals surface area (Å²) < 4.78 is 5.17. The Bertz CT molecular complexity index is 740. The van der Waals surface area contributed by atoms with Crippen LogP contribution in [0.2, 0.25) is 0 Å². The van der Waals surface area contributed by atoms with Crippen LogP contribution in [-0.4, -0.2) is 47.9 Å². The summed E-state index contributed by atoms with van der Waals surface area (Å²) in [6.45, 7) is 6.20. The Labute approximate surface area is 153 Å². The van der Waals surface area contributed by atoms with Crippen molar-refractivity contribution in [1.29, 1.82) is 0 Å². The van der Waals surface area contributed by atoms with E-state index in [2.05, 4.69) is 31.3 Å². The third kappa shape index (κ3) is 3.74. The zero-order chi connectivity index (χ0) is 18.5. The lowest BCUT2D eigenvalue weighted by Crippen LogP contribution is -2.51. The van der Waals surface area contributed by atoms with E-state index >= 15 is 0 Å². The highest BCUT2D eigenvalue weighted by atomic mass is 16.3.